The molecule has 0 aliphatic heterocycles. The van der Waals surface area contributed by atoms with E-state index in [-0.39, 0.29) is 11.4 Å². The van der Waals surface area contributed by atoms with E-state index in [0.717, 1.165) is 16.7 Å². The average Bonchev–Trinajstić information content (AvgIpc) is 2.65. The number of sulfonamides is 1. The molecule has 0 aliphatic carbocycles. The Hall–Kier alpha value is -1.58. The van der Waals surface area contributed by atoms with Gasteiger partial charge in [-0.25, -0.2) is 22.3 Å². The largest absolute Gasteiger partial charge is 0.300 e. The highest BCUT2D eigenvalue weighted by Gasteiger charge is 2.22. The van der Waals surface area contributed by atoms with Gasteiger partial charge in [0.15, 0.2) is 5.82 Å². The lowest BCUT2D eigenvalue weighted by Crippen LogP contribution is -2.17. The van der Waals surface area contributed by atoms with Crippen molar-refractivity contribution in [3.63, 3.8) is 0 Å². The van der Waals surface area contributed by atoms with Crippen LogP contribution in [0.25, 0.3) is 11.4 Å². The molecule has 0 fully saturated rings. The first kappa shape index (κ1) is 13.8. The second kappa shape index (κ2) is 4.51. The van der Waals surface area contributed by atoms with Gasteiger partial charge < -0.3 is 0 Å². The van der Waals surface area contributed by atoms with Crippen molar-refractivity contribution in [1.82, 2.24) is 14.8 Å². The SMILES string of the molecule is Cn1c(-c2cc(F)c(Cl)cc2F)nnc1S(N)(=O)=O. The van der Waals surface area contributed by atoms with Gasteiger partial charge in [0.05, 0.1) is 10.6 Å². The van der Waals surface area contributed by atoms with Crippen LogP contribution in [0.1, 0.15) is 0 Å². The standard InChI is InChI=1S/C9H7ClF2N4O2S/c1-16-8(14-15-9(16)19(13,17)18)4-2-7(12)5(10)3-6(4)11/h2-3H,1H3,(H2,13,17,18). The summed E-state index contributed by atoms with van der Waals surface area (Å²) in [5.41, 5.74) is -0.271. The molecule has 6 nitrogen and oxygen atoms in total. The number of hydrogen-bond donors (Lipinski definition) is 1. The summed E-state index contributed by atoms with van der Waals surface area (Å²) in [5.74, 6) is -1.90. The maximum atomic E-state index is 13.7. The number of primary sulfonamides is 1. The number of nitrogens with zero attached hydrogens (tertiary/aromatic N) is 3. The van der Waals surface area contributed by atoms with Gasteiger partial charge in [0, 0.05) is 7.05 Å². The molecule has 0 unspecified atom stereocenters. The highest BCUT2D eigenvalue weighted by atomic mass is 35.5. The number of benzene rings is 1. The lowest BCUT2D eigenvalue weighted by Gasteiger charge is -2.05. The molecule has 1 aromatic carbocycles. The van der Waals surface area contributed by atoms with Crippen LogP contribution in [0.3, 0.4) is 0 Å². The minimum atomic E-state index is -4.10. The molecule has 0 amide bonds. The van der Waals surface area contributed by atoms with Crippen LogP contribution in [0.5, 0.6) is 0 Å². The summed E-state index contributed by atoms with van der Waals surface area (Å²) in [7, 11) is -2.84. The minimum Gasteiger partial charge on any atom is -0.300 e. The van der Waals surface area contributed by atoms with Gasteiger partial charge in [0.2, 0.25) is 0 Å². The van der Waals surface area contributed by atoms with Crippen molar-refractivity contribution in [3.8, 4) is 11.4 Å². The van der Waals surface area contributed by atoms with Gasteiger partial charge in [-0.15, -0.1) is 10.2 Å². The van der Waals surface area contributed by atoms with Gasteiger partial charge >= 0.3 is 0 Å². The molecule has 2 N–H and O–H groups in total. The van der Waals surface area contributed by atoms with Crippen LogP contribution < -0.4 is 5.14 Å². The molecule has 102 valence electrons. The molecule has 0 bridgehead atoms. The average molecular weight is 309 g/mol. The van der Waals surface area contributed by atoms with Gasteiger partial charge in [-0.3, -0.25) is 4.57 Å². The molecule has 2 aromatic rings. The van der Waals surface area contributed by atoms with Crippen LogP contribution in [-0.2, 0) is 17.1 Å². The number of rotatable bonds is 2. The molecule has 0 saturated carbocycles. The molecule has 0 atom stereocenters. The summed E-state index contributed by atoms with van der Waals surface area (Å²) >= 11 is 5.42. The summed E-state index contributed by atoms with van der Waals surface area (Å²) < 4.78 is 50.3. The van der Waals surface area contributed by atoms with E-state index in [1.807, 2.05) is 0 Å². The van der Waals surface area contributed by atoms with E-state index in [4.69, 9.17) is 16.7 Å². The Balaban J connectivity index is 2.68. The maximum Gasteiger partial charge on any atom is 0.273 e. The van der Waals surface area contributed by atoms with Crippen molar-refractivity contribution >= 4 is 21.6 Å². The van der Waals surface area contributed by atoms with Gasteiger partial charge in [0.25, 0.3) is 15.2 Å². The van der Waals surface area contributed by atoms with E-state index < -0.39 is 31.8 Å². The number of nitrogens with two attached hydrogens (primary N) is 1. The van der Waals surface area contributed by atoms with Gasteiger partial charge in [-0.05, 0) is 12.1 Å². The highest BCUT2D eigenvalue weighted by Crippen LogP contribution is 2.27. The molecular weight excluding hydrogens is 302 g/mol. The monoisotopic (exact) mass is 308 g/mol. The predicted molar refractivity (Wildman–Crippen MR) is 62.7 cm³/mol. The molecule has 19 heavy (non-hydrogen) atoms. The Labute approximate surface area is 111 Å². The smallest absolute Gasteiger partial charge is 0.273 e. The van der Waals surface area contributed by atoms with E-state index in [1.165, 1.54) is 7.05 Å². The fourth-order valence-corrected chi connectivity index (χ4v) is 2.26. The Morgan fingerprint density at radius 3 is 2.42 bits per heavy atom. The molecule has 0 aliphatic rings. The summed E-state index contributed by atoms with van der Waals surface area (Å²) in [6.07, 6.45) is 0. The lowest BCUT2D eigenvalue weighted by atomic mass is 10.2. The van der Waals surface area contributed by atoms with E-state index in [1.54, 1.807) is 0 Å². The quantitative estimate of drug-likeness (QED) is 0.840. The Morgan fingerprint density at radius 2 is 1.89 bits per heavy atom. The Kier molecular flexibility index (Phi) is 3.29. The van der Waals surface area contributed by atoms with Gasteiger partial charge in [-0.1, -0.05) is 11.6 Å². The summed E-state index contributed by atoms with van der Waals surface area (Å²) in [4.78, 5) is 0. The molecule has 1 heterocycles. The first-order valence-corrected chi connectivity index (χ1v) is 6.71. The van der Waals surface area contributed by atoms with Crippen molar-refractivity contribution < 1.29 is 17.2 Å². The third-order valence-corrected chi connectivity index (χ3v) is 3.49. The van der Waals surface area contributed by atoms with Gasteiger partial charge in [0.1, 0.15) is 11.6 Å². The zero-order chi connectivity index (χ0) is 14.4. The summed E-state index contributed by atoms with van der Waals surface area (Å²) in [6.45, 7) is 0. The van der Waals surface area contributed by atoms with Crippen LogP contribution >= 0.6 is 11.6 Å². The fourth-order valence-electron chi connectivity index (χ4n) is 1.49. The van der Waals surface area contributed by atoms with Crippen LogP contribution in [0, 0.1) is 11.6 Å². The topological polar surface area (TPSA) is 90.9 Å². The molecule has 0 radical (unpaired) electrons. The predicted octanol–water partition coefficient (Wildman–Crippen LogP) is 1.06. The Bertz CT molecular complexity index is 760. The van der Waals surface area contributed by atoms with E-state index in [9.17, 15) is 17.2 Å². The van der Waals surface area contributed by atoms with Gasteiger partial charge in [-0.2, -0.15) is 0 Å². The van der Waals surface area contributed by atoms with E-state index >= 15 is 0 Å². The van der Waals surface area contributed by atoms with Crippen LogP contribution in [0.15, 0.2) is 17.3 Å². The van der Waals surface area contributed by atoms with Crippen molar-refractivity contribution in [2.75, 3.05) is 0 Å². The van der Waals surface area contributed by atoms with Crippen molar-refractivity contribution in [3.05, 3.63) is 28.8 Å². The fraction of sp³-hybridized carbons (Fsp3) is 0.111. The molecule has 2 rings (SSSR count). The van der Waals surface area contributed by atoms with Crippen LogP contribution in [0.2, 0.25) is 5.02 Å². The second-order valence-corrected chi connectivity index (χ2v) is 5.52. The molecule has 0 saturated heterocycles. The summed E-state index contributed by atoms with van der Waals surface area (Å²) in [6, 6.07) is 1.56. The molecule has 0 spiro atoms. The summed E-state index contributed by atoms with van der Waals surface area (Å²) in [5, 5.41) is 10.8. The van der Waals surface area contributed by atoms with E-state index in [2.05, 4.69) is 10.2 Å². The number of hydrogen-bond acceptors (Lipinski definition) is 4. The lowest BCUT2D eigenvalue weighted by molar-refractivity contribution is 0.579. The normalized spacial score (nSPS) is 11.8. The zero-order valence-corrected chi connectivity index (χ0v) is 11.0. The number of halogens is 3. The third-order valence-electron chi connectivity index (χ3n) is 2.34. The first-order valence-electron chi connectivity index (χ1n) is 4.79. The minimum absolute atomic E-state index is 0.183. The molecular formula is C9H7ClF2N4O2S. The maximum absolute atomic E-state index is 13.7. The highest BCUT2D eigenvalue weighted by molar-refractivity contribution is 7.89. The first-order chi connectivity index (χ1) is 8.71. The molecule has 1 aromatic heterocycles. The van der Waals surface area contributed by atoms with Crippen molar-refractivity contribution in [2.45, 2.75) is 5.16 Å². The second-order valence-electron chi connectivity index (χ2n) is 3.66. The Morgan fingerprint density at radius 1 is 1.26 bits per heavy atom. The third kappa shape index (κ3) is 2.44. The molecule has 10 heteroatoms. The number of aromatic nitrogens is 3. The van der Waals surface area contributed by atoms with Crippen molar-refractivity contribution in [1.29, 1.82) is 0 Å². The van der Waals surface area contributed by atoms with Crippen LogP contribution in [0.4, 0.5) is 8.78 Å². The van der Waals surface area contributed by atoms with Crippen molar-refractivity contribution in [2.24, 2.45) is 12.2 Å². The van der Waals surface area contributed by atoms with Crippen LogP contribution in [-0.4, -0.2) is 23.2 Å². The zero-order valence-electron chi connectivity index (χ0n) is 9.43. The van der Waals surface area contributed by atoms with E-state index in [0.29, 0.717) is 0 Å².